The van der Waals surface area contributed by atoms with E-state index < -0.39 is 0 Å². The molecule has 9 rings (SSSR count). The van der Waals surface area contributed by atoms with Crippen molar-refractivity contribution >= 4 is 69.3 Å². The lowest BCUT2D eigenvalue weighted by molar-refractivity contribution is 0.624. The second-order valence-electron chi connectivity index (χ2n) is 13.8. The molecule has 0 atom stereocenters. The van der Waals surface area contributed by atoms with Gasteiger partial charge in [-0.1, -0.05) is 127 Å². The first-order valence-electron chi connectivity index (χ1n) is 18.9. The monoisotopic (exact) mass is 775 g/mol. The van der Waals surface area contributed by atoms with Gasteiger partial charge in [0.1, 0.15) is 11.3 Å². The summed E-state index contributed by atoms with van der Waals surface area (Å²) < 4.78 is 19.0. The number of fused-ring (bicyclic) bond motifs is 1. The Balaban J connectivity index is 1.19. The van der Waals surface area contributed by atoms with E-state index in [4.69, 9.17) is 16.0 Å². The highest BCUT2D eigenvalue weighted by molar-refractivity contribution is 7.81. The molecule has 3 N–H and O–H groups in total. The lowest BCUT2D eigenvalue weighted by atomic mass is 9.93. The van der Waals surface area contributed by atoms with Gasteiger partial charge in [0.2, 0.25) is 0 Å². The summed E-state index contributed by atoms with van der Waals surface area (Å²) in [6.45, 7) is 0.353. The predicted octanol–water partition coefficient (Wildman–Crippen LogP) is 12.7. The maximum absolute atomic E-state index is 14.0. The Morgan fingerprint density at radius 1 is 0.517 bits per heavy atom. The average Bonchev–Trinajstić information content (AvgIpc) is 3.68. The molecule has 0 aliphatic carbocycles. The first-order valence-corrected chi connectivity index (χ1v) is 19.4. The summed E-state index contributed by atoms with van der Waals surface area (Å²) in [7, 11) is 0. The van der Waals surface area contributed by atoms with Crippen LogP contribution < -0.4 is 20.3 Å². The number of halogens is 1. The Bertz CT molecular complexity index is 2700. The van der Waals surface area contributed by atoms with Gasteiger partial charge in [-0.25, -0.2) is 9.07 Å². The standard InChI is InChI=1S/C49H38FN7S/c50-37-27-21-34(22-28-37)33-55-49-44(35-23-29-42(30-24-35)56(38-13-5-1-6-14-38)39-15-7-2-8-16-39)46(51)47(53-58)45(48(49)52-54-55)36-25-31-43(32-26-36)57(40-17-9-3-10-18-40)41-19-11-4-12-20-41/h1-32,53,58H,33,51H2. The molecule has 7 nitrogen and oxygen atoms in total. The van der Waals surface area contributed by atoms with Crippen LogP contribution in [0.4, 0.5) is 49.9 Å². The molecule has 0 spiro atoms. The van der Waals surface area contributed by atoms with E-state index in [0.29, 0.717) is 23.4 Å². The van der Waals surface area contributed by atoms with E-state index >= 15 is 0 Å². The van der Waals surface area contributed by atoms with E-state index in [9.17, 15) is 4.39 Å². The SMILES string of the molecule is Nc1c(NS)c(-c2ccc(N(c3ccccc3)c3ccccc3)cc2)c2nnn(Cc3ccc(F)cc3)c2c1-c1ccc(N(c2ccccc2)c2ccccc2)cc1. The highest BCUT2D eigenvalue weighted by Gasteiger charge is 2.25. The van der Waals surface area contributed by atoms with Gasteiger partial charge in [0.05, 0.1) is 23.4 Å². The van der Waals surface area contributed by atoms with Crippen LogP contribution in [0.2, 0.25) is 0 Å². The topological polar surface area (TPSA) is 75.2 Å². The van der Waals surface area contributed by atoms with Crippen LogP contribution in [0.15, 0.2) is 194 Å². The molecule has 8 aromatic carbocycles. The van der Waals surface area contributed by atoms with Crippen molar-refractivity contribution in [1.29, 1.82) is 0 Å². The van der Waals surface area contributed by atoms with Gasteiger partial charge in [0, 0.05) is 45.3 Å². The van der Waals surface area contributed by atoms with E-state index in [1.54, 1.807) is 12.1 Å². The van der Waals surface area contributed by atoms with Gasteiger partial charge < -0.3 is 20.3 Å². The zero-order chi connectivity index (χ0) is 39.4. The number of rotatable bonds is 11. The summed E-state index contributed by atoms with van der Waals surface area (Å²) in [6.07, 6.45) is 0. The Labute approximate surface area is 342 Å². The molecule has 9 aromatic rings. The van der Waals surface area contributed by atoms with Crippen molar-refractivity contribution in [3.05, 3.63) is 206 Å². The molecule has 0 saturated carbocycles. The third-order valence-corrected chi connectivity index (χ3v) is 10.5. The second-order valence-corrected chi connectivity index (χ2v) is 14.1. The third kappa shape index (κ3) is 6.99. The lowest BCUT2D eigenvalue weighted by Crippen LogP contribution is -2.10. The maximum atomic E-state index is 14.0. The van der Waals surface area contributed by atoms with Gasteiger partial charge in [-0.2, -0.15) is 0 Å². The Kier molecular flexibility index (Phi) is 10.0. The highest BCUT2D eigenvalue weighted by atomic mass is 32.1. The zero-order valence-electron chi connectivity index (χ0n) is 31.3. The number of anilines is 8. The molecule has 0 fully saturated rings. The summed E-state index contributed by atoms with van der Waals surface area (Å²) in [6, 6.07) is 64.3. The fraction of sp³-hybridized carbons (Fsp3) is 0.0204. The van der Waals surface area contributed by atoms with Crippen LogP contribution in [0.1, 0.15) is 5.56 Å². The van der Waals surface area contributed by atoms with Gasteiger partial charge >= 0.3 is 0 Å². The number of benzene rings is 8. The smallest absolute Gasteiger partial charge is 0.123 e. The van der Waals surface area contributed by atoms with Crippen LogP contribution in [-0.4, -0.2) is 15.0 Å². The molecule has 0 bridgehead atoms. The van der Waals surface area contributed by atoms with Crippen LogP contribution in [0.5, 0.6) is 0 Å². The van der Waals surface area contributed by atoms with E-state index in [0.717, 1.165) is 67.5 Å². The molecular weight excluding hydrogens is 738 g/mol. The van der Waals surface area contributed by atoms with Crippen molar-refractivity contribution in [3.63, 3.8) is 0 Å². The van der Waals surface area contributed by atoms with E-state index in [1.807, 2.05) is 77.5 Å². The minimum absolute atomic E-state index is 0.300. The van der Waals surface area contributed by atoms with E-state index in [2.05, 4.69) is 124 Å². The molecule has 0 amide bonds. The first-order chi connectivity index (χ1) is 28.6. The van der Waals surface area contributed by atoms with E-state index in [1.165, 1.54) is 12.1 Å². The molecule has 0 unspecified atom stereocenters. The normalized spacial score (nSPS) is 11.1. The van der Waals surface area contributed by atoms with Crippen LogP contribution in [-0.2, 0) is 6.54 Å². The number of thiol groups is 1. The number of nitrogens with zero attached hydrogens (tertiary/aromatic N) is 5. The number of nitrogens with two attached hydrogens (primary N) is 1. The summed E-state index contributed by atoms with van der Waals surface area (Å²) in [4.78, 5) is 4.43. The Hall–Kier alpha value is -7.36. The van der Waals surface area contributed by atoms with Gasteiger partial charge in [0.15, 0.2) is 0 Å². The van der Waals surface area contributed by atoms with Crippen molar-refractivity contribution < 1.29 is 4.39 Å². The number of nitrogens with one attached hydrogen (secondary N) is 1. The minimum Gasteiger partial charge on any atom is -0.396 e. The molecule has 0 aliphatic heterocycles. The number of para-hydroxylation sites is 4. The van der Waals surface area contributed by atoms with Crippen LogP contribution >= 0.6 is 12.8 Å². The molecule has 58 heavy (non-hydrogen) atoms. The van der Waals surface area contributed by atoms with Crippen LogP contribution in [0.25, 0.3) is 33.3 Å². The van der Waals surface area contributed by atoms with Gasteiger partial charge in [-0.15, -0.1) is 5.10 Å². The maximum Gasteiger partial charge on any atom is 0.123 e. The third-order valence-electron chi connectivity index (χ3n) is 10.2. The lowest BCUT2D eigenvalue weighted by Gasteiger charge is -2.26. The fourth-order valence-electron chi connectivity index (χ4n) is 7.55. The predicted molar refractivity (Wildman–Crippen MR) is 240 cm³/mol. The van der Waals surface area contributed by atoms with Crippen LogP contribution in [0, 0.1) is 5.82 Å². The Morgan fingerprint density at radius 3 is 1.33 bits per heavy atom. The zero-order valence-corrected chi connectivity index (χ0v) is 32.2. The summed E-state index contributed by atoms with van der Waals surface area (Å²) in [5.74, 6) is -0.300. The average molecular weight is 776 g/mol. The molecule has 0 aliphatic rings. The van der Waals surface area contributed by atoms with Crippen molar-refractivity contribution in [2.75, 3.05) is 20.3 Å². The van der Waals surface area contributed by atoms with Crippen molar-refractivity contribution in [2.45, 2.75) is 6.54 Å². The summed E-state index contributed by atoms with van der Waals surface area (Å²) >= 11 is 4.62. The van der Waals surface area contributed by atoms with Crippen molar-refractivity contribution in [2.24, 2.45) is 0 Å². The molecule has 0 saturated heterocycles. The number of hydrogen-bond donors (Lipinski definition) is 3. The van der Waals surface area contributed by atoms with Gasteiger partial charge in [-0.3, -0.25) is 0 Å². The van der Waals surface area contributed by atoms with Gasteiger partial charge in [0.25, 0.3) is 0 Å². The molecular formula is C49H38FN7S. The second kappa shape index (κ2) is 16.0. The number of nitrogen functional groups attached to an aromatic ring is 1. The molecule has 0 radical (unpaired) electrons. The quantitative estimate of drug-likeness (QED) is 0.0897. The number of aromatic nitrogens is 3. The van der Waals surface area contributed by atoms with Crippen molar-refractivity contribution in [3.8, 4) is 22.3 Å². The van der Waals surface area contributed by atoms with Crippen molar-refractivity contribution in [1.82, 2.24) is 15.0 Å². The van der Waals surface area contributed by atoms with E-state index in [-0.39, 0.29) is 5.82 Å². The summed E-state index contributed by atoms with van der Waals surface area (Å²) in [5.41, 5.74) is 20.0. The van der Waals surface area contributed by atoms with Crippen LogP contribution in [0.3, 0.4) is 0 Å². The van der Waals surface area contributed by atoms with Gasteiger partial charge in [-0.05, 0) is 102 Å². The Morgan fingerprint density at radius 2 is 0.914 bits per heavy atom. The number of hydrogen-bond acceptors (Lipinski definition) is 7. The molecule has 1 heterocycles. The fourth-order valence-corrected chi connectivity index (χ4v) is 7.79. The molecule has 1 aromatic heterocycles. The molecule has 9 heteroatoms. The summed E-state index contributed by atoms with van der Waals surface area (Å²) in [5, 5.41) is 9.51. The highest BCUT2D eigenvalue weighted by Crippen LogP contribution is 2.48. The molecule has 282 valence electrons. The largest absolute Gasteiger partial charge is 0.396 e. The first kappa shape index (κ1) is 36.3. The minimum atomic E-state index is -0.300.